The van der Waals surface area contributed by atoms with Crippen molar-refractivity contribution < 1.29 is 9.59 Å². The Morgan fingerprint density at radius 2 is 1.48 bits per heavy atom. The molecular formula is C19H30N2O2. The van der Waals surface area contributed by atoms with Crippen molar-refractivity contribution in [2.24, 2.45) is 0 Å². The van der Waals surface area contributed by atoms with Crippen molar-refractivity contribution in [3.8, 4) is 0 Å². The minimum atomic E-state index is -0.322. The summed E-state index contributed by atoms with van der Waals surface area (Å²) in [6, 6.07) is 7.13. The van der Waals surface area contributed by atoms with Crippen molar-refractivity contribution in [1.82, 2.24) is 10.6 Å². The molecule has 0 aromatic heterocycles. The van der Waals surface area contributed by atoms with Gasteiger partial charge in [0.25, 0.3) is 0 Å². The van der Waals surface area contributed by atoms with Gasteiger partial charge in [-0.3, -0.25) is 9.59 Å². The summed E-state index contributed by atoms with van der Waals surface area (Å²) in [5.74, 6) is 0.0365. The molecule has 2 N–H and O–H groups in total. The van der Waals surface area contributed by atoms with Gasteiger partial charge >= 0.3 is 0 Å². The van der Waals surface area contributed by atoms with E-state index in [1.165, 1.54) is 0 Å². The van der Waals surface area contributed by atoms with Crippen LogP contribution in [0.2, 0.25) is 0 Å². The second-order valence-corrected chi connectivity index (χ2v) is 8.14. The largest absolute Gasteiger partial charge is 0.350 e. The summed E-state index contributed by atoms with van der Waals surface area (Å²) in [5, 5.41) is 6.42. The molecule has 1 aromatic rings. The van der Waals surface area contributed by atoms with E-state index in [0.29, 0.717) is 12.0 Å². The monoisotopic (exact) mass is 318 g/mol. The molecule has 1 amide bonds. The molecule has 0 aliphatic carbocycles. The second-order valence-electron chi connectivity index (χ2n) is 8.14. The number of ketones is 1. The van der Waals surface area contributed by atoms with E-state index >= 15 is 0 Å². The summed E-state index contributed by atoms with van der Waals surface area (Å²) in [6.07, 6.45) is 0.581. The lowest BCUT2D eigenvalue weighted by Crippen LogP contribution is -2.56. The summed E-state index contributed by atoms with van der Waals surface area (Å²) in [6.45, 7) is 13.6. The van der Waals surface area contributed by atoms with Crippen molar-refractivity contribution in [3.63, 3.8) is 0 Å². The molecular weight excluding hydrogens is 288 g/mol. The average molecular weight is 318 g/mol. The van der Waals surface area contributed by atoms with E-state index in [0.717, 1.165) is 5.56 Å². The quantitative estimate of drug-likeness (QED) is 0.820. The summed E-state index contributed by atoms with van der Waals surface area (Å²) in [5.41, 5.74) is 1.28. The molecule has 0 aliphatic heterocycles. The molecule has 23 heavy (non-hydrogen) atoms. The minimum absolute atomic E-state index is 0.0110. The first-order valence-electron chi connectivity index (χ1n) is 8.07. The zero-order valence-electron chi connectivity index (χ0n) is 15.4. The fourth-order valence-electron chi connectivity index (χ4n) is 2.30. The number of hydrogen-bond donors (Lipinski definition) is 2. The first-order valence-corrected chi connectivity index (χ1v) is 8.07. The number of carbonyl (C=O) groups excluding carboxylic acids is 2. The molecule has 0 aliphatic rings. The third-order valence-electron chi connectivity index (χ3n) is 3.22. The van der Waals surface area contributed by atoms with Crippen molar-refractivity contribution in [1.29, 1.82) is 0 Å². The average Bonchev–Trinajstić information content (AvgIpc) is 2.35. The lowest BCUT2D eigenvalue weighted by Gasteiger charge is -2.31. The molecule has 1 aromatic carbocycles. The van der Waals surface area contributed by atoms with Crippen LogP contribution in [0.4, 0.5) is 0 Å². The Morgan fingerprint density at radius 1 is 0.957 bits per heavy atom. The van der Waals surface area contributed by atoms with Gasteiger partial charge in [-0.2, -0.15) is 0 Å². The Balaban J connectivity index is 2.91. The van der Waals surface area contributed by atoms with Crippen molar-refractivity contribution in [2.75, 3.05) is 0 Å². The summed E-state index contributed by atoms with van der Waals surface area (Å²) < 4.78 is 0. The van der Waals surface area contributed by atoms with E-state index in [1.807, 2.05) is 65.8 Å². The van der Waals surface area contributed by atoms with Crippen LogP contribution in [-0.2, 0) is 11.2 Å². The Bertz CT molecular complexity index is 548. The molecule has 128 valence electrons. The highest BCUT2D eigenvalue weighted by atomic mass is 16.2. The van der Waals surface area contributed by atoms with Crippen molar-refractivity contribution in [3.05, 3.63) is 35.4 Å². The number of nitrogens with one attached hydrogen (secondary N) is 2. The van der Waals surface area contributed by atoms with Gasteiger partial charge in [0, 0.05) is 16.6 Å². The van der Waals surface area contributed by atoms with E-state index < -0.39 is 0 Å². The molecule has 1 rings (SSSR count). The highest BCUT2D eigenvalue weighted by Crippen LogP contribution is 2.12. The lowest BCUT2D eigenvalue weighted by atomic mass is 9.98. The van der Waals surface area contributed by atoms with Gasteiger partial charge in [-0.25, -0.2) is 0 Å². The summed E-state index contributed by atoms with van der Waals surface area (Å²) in [4.78, 5) is 23.9. The van der Waals surface area contributed by atoms with Crippen LogP contribution in [0.15, 0.2) is 24.3 Å². The van der Waals surface area contributed by atoms with E-state index in [2.05, 4.69) is 10.6 Å². The van der Waals surface area contributed by atoms with Crippen LogP contribution < -0.4 is 10.6 Å². The smallest absolute Gasteiger partial charge is 0.237 e. The highest BCUT2D eigenvalue weighted by Gasteiger charge is 2.26. The topological polar surface area (TPSA) is 58.2 Å². The Labute approximate surface area is 140 Å². The Morgan fingerprint density at radius 3 is 1.87 bits per heavy atom. The van der Waals surface area contributed by atoms with E-state index in [1.54, 1.807) is 6.92 Å². The van der Waals surface area contributed by atoms with Crippen molar-refractivity contribution in [2.45, 2.75) is 72.0 Å². The van der Waals surface area contributed by atoms with Crippen LogP contribution in [0, 0.1) is 0 Å². The van der Waals surface area contributed by atoms with Crippen LogP contribution in [-0.4, -0.2) is 28.8 Å². The Hall–Kier alpha value is -1.68. The lowest BCUT2D eigenvalue weighted by molar-refractivity contribution is -0.125. The third kappa shape index (κ3) is 7.42. The number of Topliss-reactive ketones (excluding diaryl/α,β-unsaturated/α-hetero) is 1. The predicted molar refractivity (Wildman–Crippen MR) is 94.7 cm³/mol. The van der Waals surface area contributed by atoms with Gasteiger partial charge in [0.15, 0.2) is 5.78 Å². The zero-order valence-corrected chi connectivity index (χ0v) is 15.4. The molecule has 1 unspecified atom stereocenters. The molecule has 0 saturated carbocycles. The van der Waals surface area contributed by atoms with Gasteiger partial charge in [0.1, 0.15) is 0 Å². The SMILES string of the molecule is CC(=O)c1ccc(CC(NC(C)(C)C)C(=O)NC(C)(C)C)cc1. The van der Waals surface area contributed by atoms with Gasteiger partial charge in [0.2, 0.25) is 5.91 Å². The molecule has 0 bridgehead atoms. The number of benzene rings is 1. The normalized spacial score (nSPS) is 13.5. The fraction of sp³-hybridized carbons (Fsp3) is 0.579. The molecule has 0 radical (unpaired) electrons. The van der Waals surface area contributed by atoms with Gasteiger partial charge in [-0.15, -0.1) is 0 Å². The van der Waals surface area contributed by atoms with Gasteiger partial charge in [-0.1, -0.05) is 24.3 Å². The maximum Gasteiger partial charge on any atom is 0.237 e. The molecule has 4 nitrogen and oxygen atoms in total. The fourth-order valence-corrected chi connectivity index (χ4v) is 2.30. The van der Waals surface area contributed by atoms with E-state index in [9.17, 15) is 9.59 Å². The second kappa shape index (κ2) is 7.26. The number of hydrogen-bond acceptors (Lipinski definition) is 3. The zero-order chi connectivity index (χ0) is 17.8. The molecule has 0 saturated heterocycles. The van der Waals surface area contributed by atoms with Crippen LogP contribution in [0.3, 0.4) is 0 Å². The molecule has 0 fully saturated rings. The summed E-state index contributed by atoms with van der Waals surface area (Å²) in [7, 11) is 0. The predicted octanol–water partition coefficient (Wildman–Crippen LogP) is 3.10. The van der Waals surface area contributed by atoms with E-state index in [4.69, 9.17) is 0 Å². The first kappa shape index (κ1) is 19.4. The third-order valence-corrected chi connectivity index (χ3v) is 3.22. The molecule has 4 heteroatoms. The molecule has 0 heterocycles. The number of rotatable bonds is 5. The minimum Gasteiger partial charge on any atom is -0.350 e. The van der Waals surface area contributed by atoms with Crippen LogP contribution >= 0.6 is 0 Å². The van der Waals surface area contributed by atoms with Crippen LogP contribution in [0.1, 0.15) is 64.4 Å². The van der Waals surface area contributed by atoms with Gasteiger partial charge in [0.05, 0.1) is 6.04 Å². The highest BCUT2D eigenvalue weighted by molar-refractivity contribution is 5.94. The maximum absolute atomic E-state index is 12.6. The standard InChI is InChI=1S/C19H30N2O2/c1-13(22)15-10-8-14(9-11-15)12-16(20-18(2,3)4)17(23)21-19(5,6)7/h8-11,16,20H,12H2,1-7H3,(H,21,23). The molecule has 0 spiro atoms. The number of carbonyl (C=O) groups is 2. The van der Waals surface area contributed by atoms with Crippen molar-refractivity contribution >= 4 is 11.7 Å². The summed E-state index contributed by atoms with van der Waals surface area (Å²) >= 11 is 0. The maximum atomic E-state index is 12.6. The van der Waals surface area contributed by atoms with Gasteiger partial charge < -0.3 is 10.6 Å². The Kier molecular flexibility index (Phi) is 6.11. The van der Waals surface area contributed by atoms with Gasteiger partial charge in [-0.05, 0) is 60.5 Å². The van der Waals surface area contributed by atoms with E-state index in [-0.39, 0.29) is 28.8 Å². The molecule has 1 atom stereocenters. The van der Waals surface area contributed by atoms with Crippen LogP contribution in [0.5, 0.6) is 0 Å². The van der Waals surface area contributed by atoms with Crippen LogP contribution in [0.25, 0.3) is 0 Å². The number of amides is 1. The first-order chi connectivity index (χ1) is 10.4.